The summed E-state index contributed by atoms with van der Waals surface area (Å²) in [5.74, 6) is -1.13. The fraction of sp³-hybridized carbons (Fsp3) is 0.250. The highest BCUT2D eigenvalue weighted by atomic mass is 19.1. The van der Waals surface area contributed by atoms with Gasteiger partial charge < -0.3 is 10.4 Å². The van der Waals surface area contributed by atoms with Gasteiger partial charge in [0.15, 0.2) is 0 Å². The number of hydrogen-bond donors (Lipinski definition) is 2. The fourth-order valence-corrected chi connectivity index (χ4v) is 2.66. The fourth-order valence-electron chi connectivity index (χ4n) is 2.66. The first kappa shape index (κ1) is 13.1. The number of aryl methyl sites for hydroxylation is 1. The highest BCUT2D eigenvalue weighted by molar-refractivity contribution is 5.54. The van der Waals surface area contributed by atoms with Crippen LogP contribution in [0.3, 0.4) is 0 Å². The summed E-state index contributed by atoms with van der Waals surface area (Å²) in [6, 6.07) is 10.7. The molecule has 3 rings (SSSR count). The molecule has 20 heavy (non-hydrogen) atoms. The number of para-hydroxylation sites is 1. The Labute approximate surface area is 116 Å². The van der Waals surface area contributed by atoms with Crippen LogP contribution in [0.2, 0.25) is 0 Å². The Bertz CT molecular complexity index is 630. The Morgan fingerprint density at radius 1 is 1.15 bits per heavy atom. The summed E-state index contributed by atoms with van der Waals surface area (Å²) in [6.45, 7) is 0. The normalized spacial score (nSPS) is 19.1. The monoisotopic (exact) mass is 275 g/mol. The quantitative estimate of drug-likeness (QED) is 0.880. The molecule has 0 fully saturated rings. The number of nitrogens with one attached hydrogen (secondary N) is 1. The van der Waals surface area contributed by atoms with E-state index in [1.807, 2.05) is 24.3 Å². The number of halogens is 2. The highest BCUT2D eigenvalue weighted by Crippen LogP contribution is 2.31. The van der Waals surface area contributed by atoms with E-state index >= 15 is 0 Å². The van der Waals surface area contributed by atoms with Crippen LogP contribution in [0.15, 0.2) is 42.5 Å². The van der Waals surface area contributed by atoms with Gasteiger partial charge in [0, 0.05) is 11.3 Å². The number of fused-ring (bicyclic) bond motifs is 1. The van der Waals surface area contributed by atoms with Crippen LogP contribution in [0.5, 0.6) is 0 Å². The molecular formula is C16H15F2NO. The Morgan fingerprint density at radius 2 is 1.95 bits per heavy atom. The van der Waals surface area contributed by atoms with Gasteiger partial charge in [-0.15, -0.1) is 0 Å². The van der Waals surface area contributed by atoms with E-state index in [2.05, 4.69) is 5.32 Å². The van der Waals surface area contributed by atoms with Gasteiger partial charge in [0.2, 0.25) is 0 Å². The second-order valence-corrected chi connectivity index (χ2v) is 5.06. The minimum atomic E-state index is -1.07. The molecule has 0 spiro atoms. The summed E-state index contributed by atoms with van der Waals surface area (Å²) >= 11 is 0. The maximum Gasteiger partial charge on any atom is 0.129 e. The number of rotatable bonds is 2. The van der Waals surface area contributed by atoms with Crippen molar-refractivity contribution < 1.29 is 13.9 Å². The molecule has 2 N–H and O–H groups in total. The van der Waals surface area contributed by atoms with Crippen molar-refractivity contribution in [1.82, 2.24) is 0 Å². The summed E-state index contributed by atoms with van der Waals surface area (Å²) < 4.78 is 26.9. The number of hydrogen-bond acceptors (Lipinski definition) is 2. The van der Waals surface area contributed by atoms with Crippen LogP contribution in [-0.4, -0.2) is 11.1 Å². The molecule has 4 heteroatoms. The Balaban J connectivity index is 1.85. The minimum absolute atomic E-state index is 0.00174. The molecule has 0 saturated carbocycles. The van der Waals surface area contributed by atoms with Gasteiger partial charge in [0.05, 0.1) is 6.04 Å². The van der Waals surface area contributed by atoms with E-state index < -0.39 is 17.7 Å². The van der Waals surface area contributed by atoms with Crippen molar-refractivity contribution in [2.24, 2.45) is 0 Å². The first-order valence-corrected chi connectivity index (χ1v) is 6.62. The van der Waals surface area contributed by atoms with Crippen LogP contribution in [0.25, 0.3) is 0 Å². The molecule has 0 saturated heterocycles. The molecular weight excluding hydrogens is 260 g/mol. The van der Waals surface area contributed by atoms with E-state index in [0.717, 1.165) is 30.3 Å². The van der Waals surface area contributed by atoms with Crippen molar-refractivity contribution in [3.05, 3.63) is 65.2 Å². The molecule has 0 aromatic heterocycles. The third kappa shape index (κ3) is 2.39. The summed E-state index contributed by atoms with van der Waals surface area (Å²) in [7, 11) is 0. The van der Waals surface area contributed by atoms with Crippen LogP contribution in [0.1, 0.15) is 23.7 Å². The second kappa shape index (κ2) is 5.21. The molecule has 2 aromatic carbocycles. The van der Waals surface area contributed by atoms with E-state index in [9.17, 15) is 13.9 Å². The topological polar surface area (TPSA) is 32.3 Å². The Morgan fingerprint density at radius 3 is 2.80 bits per heavy atom. The highest BCUT2D eigenvalue weighted by Gasteiger charge is 2.27. The Hall–Kier alpha value is -1.94. The smallest absolute Gasteiger partial charge is 0.129 e. The zero-order valence-electron chi connectivity index (χ0n) is 10.8. The van der Waals surface area contributed by atoms with Gasteiger partial charge in [-0.1, -0.05) is 18.2 Å². The van der Waals surface area contributed by atoms with Crippen molar-refractivity contribution in [3.63, 3.8) is 0 Å². The van der Waals surface area contributed by atoms with Crippen molar-refractivity contribution in [3.8, 4) is 0 Å². The summed E-state index contributed by atoms with van der Waals surface area (Å²) in [5.41, 5.74) is 2.12. The van der Waals surface area contributed by atoms with Crippen molar-refractivity contribution in [1.29, 1.82) is 0 Å². The molecule has 2 aromatic rings. The molecule has 2 atom stereocenters. The van der Waals surface area contributed by atoms with Crippen LogP contribution < -0.4 is 5.32 Å². The van der Waals surface area contributed by atoms with Gasteiger partial charge in [-0.05, 0) is 42.7 Å². The lowest BCUT2D eigenvalue weighted by Gasteiger charge is -2.31. The van der Waals surface area contributed by atoms with Gasteiger partial charge >= 0.3 is 0 Å². The number of aliphatic hydroxyl groups excluding tert-OH is 1. The molecule has 0 aliphatic carbocycles. The van der Waals surface area contributed by atoms with Crippen LogP contribution in [0.4, 0.5) is 14.5 Å². The molecule has 104 valence electrons. The predicted octanol–water partition coefficient (Wildman–Crippen LogP) is 3.43. The molecule has 0 radical (unpaired) electrons. The van der Waals surface area contributed by atoms with E-state index in [4.69, 9.17) is 0 Å². The van der Waals surface area contributed by atoms with Gasteiger partial charge in [0.25, 0.3) is 0 Å². The number of aliphatic hydroxyl groups is 1. The summed E-state index contributed by atoms with van der Waals surface area (Å²) in [5, 5.41) is 13.5. The van der Waals surface area contributed by atoms with E-state index in [-0.39, 0.29) is 11.6 Å². The van der Waals surface area contributed by atoms with Gasteiger partial charge in [-0.25, -0.2) is 8.78 Å². The third-order valence-corrected chi connectivity index (χ3v) is 3.74. The maximum absolute atomic E-state index is 13.7. The lowest BCUT2D eigenvalue weighted by molar-refractivity contribution is 0.144. The number of anilines is 1. The first-order chi connectivity index (χ1) is 9.65. The summed E-state index contributed by atoms with van der Waals surface area (Å²) in [4.78, 5) is 0. The minimum Gasteiger partial charge on any atom is -0.386 e. The lowest BCUT2D eigenvalue weighted by Crippen LogP contribution is -2.32. The lowest BCUT2D eigenvalue weighted by atomic mass is 9.91. The van der Waals surface area contributed by atoms with Crippen molar-refractivity contribution in [2.45, 2.75) is 25.0 Å². The van der Waals surface area contributed by atoms with Crippen molar-refractivity contribution >= 4 is 5.69 Å². The standard InChI is InChI=1S/C16H15F2NO/c17-11-6-7-13(18)12(9-11)16(20)15-8-5-10-3-1-2-4-14(10)19-15/h1-4,6-7,9,15-16,19-20H,5,8H2. The first-order valence-electron chi connectivity index (χ1n) is 6.62. The van der Waals surface area contributed by atoms with Crippen molar-refractivity contribution in [2.75, 3.05) is 5.32 Å². The van der Waals surface area contributed by atoms with Gasteiger partial charge in [-0.2, -0.15) is 0 Å². The van der Waals surface area contributed by atoms with Crippen LogP contribution in [-0.2, 0) is 6.42 Å². The van der Waals surface area contributed by atoms with E-state index in [0.29, 0.717) is 6.42 Å². The molecule has 1 aliphatic rings. The molecule has 0 amide bonds. The second-order valence-electron chi connectivity index (χ2n) is 5.06. The van der Waals surface area contributed by atoms with Crippen LogP contribution >= 0.6 is 0 Å². The van der Waals surface area contributed by atoms with Gasteiger partial charge in [0.1, 0.15) is 17.7 Å². The number of benzene rings is 2. The third-order valence-electron chi connectivity index (χ3n) is 3.74. The Kier molecular flexibility index (Phi) is 3.40. The van der Waals surface area contributed by atoms with Crippen LogP contribution in [0, 0.1) is 11.6 Å². The molecule has 2 unspecified atom stereocenters. The zero-order valence-corrected chi connectivity index (χ0v) is 10.8. The maximum atomic E-state index is 13.7. The molecule has 1 aliphatic heterocycles. The average molecular weight is 275 g/mol. The largest absolute Gasteiger partial charge is 0.386 e. The molecule has 0 bridgehead atoms. The van der Waals surface area contributed by atoms with Gasteiger partial charge in [-0.3, -0.25) is 0 Å². The SMILES string of the molecule is OC(c1cc(F)ccc1F)C1CCc2ccccc2N1. The molecule has 1 heterocycles. The van der Waals surface area contributed by atoms with E-state index in [1.54, 1.807) is 0 Å². The zero-order chi connectivity index (χ0) is 14.1. The average Bonchev–Trinajstić information content (AvgIpc) is 2.48. The molecule has 2 nitrogen and oxygen atoms in total. The summed E-state index contributed by atoms with van der Waals surface area (Å²) in [6.07, 6.45) is 0.412. The predicted molar refractivity (Wildman–Crippen MR) is 73.5 cm³/mol. The van der Waals surface area contributed by atoms with E-state index in [1.165, 1.54) is 5.56 Å².